The molecule has 0 bridgehead atoms. The van der Waals surface area contributed by atoms with Gasteiger partial charge in [0.15, 0.2) is 0 Å². The molecule has 7 nitrogen and oxygen atoms in total. The van der Waals surface area contributed by atoms with Crippen LogP contribution in [0.3, 0.4) is 0 Å². The van der Waals surface area contributed by atoms with E-state index in [1.165, 1.54) is 0 Å². The zero-order chi connectivity index (χ0) is 25.6. The third-order valence-corrected chi connectivity index (χ3v) is 7.58. The van der Waals surface area contributed by atoms with E-state index in [1.807, 2.05) is 28.5 Å². The quantitative estimate of drug-likeness (QED) is 0.522. The molecule has 3 atom stereocenters. The Hall–Kier alpha value is -1.63. The van der Waals surface area contributed by atoms with Crippen LogP contribution in [0.4, 0.5) is 0 Å². The van der Waals surface area contributed by atoms with Crippen LogP contribution < -0.4 is 5.32 Å². The van der Waals surface area contributed by atoms with Gasteiger partial charge in [-0.05, 0) is 64.2 Å². The minimum absolute atomic E-state index is 0.0300. The van der Waals surface area contributed by atoms with Crippen molar-refractivity contribution in [3.05, 3.63) is 0 Å². The fourth-order valence-electron chi connectivity index (χ4n) is 5.60. The number of piperazine rings is 1. The highest BCUT2D eigenvalue weighted by Gasteiger charge is 2.40. The van der Waals surface area contributed by atoms with Crippen molar-refractivity contribution >= 4 is 17.7 Å². The molecule has 0 aromatic heterocycles. The SMILES string of the molecule is CCN(C(=O)C(C)C1CCN(C(=O)C(CC(C)C)N2CCN[C@@H](CC(C)C)C2=O)CC1)C(C)C. The predicted octanol–water partition coefficient (Wildman–Crippen LogP) is 3.38. The van der Waals surface area contributed by atoms with E-state index in [1.54, 1.807) is 0 Å². The molecule has 0 radical (unpaired) electrons. The maximum atomic E-state index is 13.7. The summed E-state index contributed by atoms with van der Waals surface area (Å²) in [5.41, 5.74) is 0. The van der Waals surface area contributed by atoms with Gasteiger partial charge in [0.2, 0.25) is 17.7 Å². The van der Waals surface area contributed by atoms with E-state index < -0.39 is 6.04 Å². The number of rotatable bonds is 10. The Labute approximate surface area is 208 Å². The summed E-state index contributed by atoms with van der Waals surface area (Å²) in [5, 5.41) is 3.36. The first kappa shape index (κ1) is 28.6. The molecule has 0 spiro atoms. The molecule has 1 N–H and O–H groups in total. The normalized spacial score (nSPS) is 22.0. The summed E-state index contributed by atoms with van der Waals surface area (Å²) >= 11 is 0. The number of hydrogen-bond acceptors (Lipinski definition) is 4. The summed E-state index contributed by atoms with van der Waals surface area (Å²) in [6.45, 7) is 20.1. The van der Waals surface area contributed by atoms with Gasteiger partial charge in [0.1, 0.15) is 6.04 Å². The molecular formula is C27H50N4O3. The Bertz CT molecular complexity index is 685. The van der Waals surface area contributed by atoms with Crippen molar-refractivity contribution in [2.75, 3.05) is 32.7 Å². The van der Waals surface area contributed by atoms with Crippen LogP contribution in [-0.4, -0.2) is 83.3 Å². The number of amides is 3. The molecular weight excluding hydrogens is 428 g/mol. The van der Waals surface area contributed by atoms with Crippen molar-refractivity contribution in [2.45, 2.75) is 99.2 Å². The van der Waals surface area contributed by atoms with Gasteiger partial charge in [-0.15, -0.1) is 0 Å². The van der Waals surface area contributed by atoms with Crippen molar-refractivity contribution in [3.63, 3.8) is 0 Å². The van der Waals surface area contributed by atoms with Crippen LogP contribution in [0.1, 0.15) is 81.1 Å². The molecule has 2 rings (SSSR count). The van der Waals surface area contributed by atoms with Crippen molar-refractivity contribution in [1.29, 1.82) is 0 Å². The summed E-state index contributed by atoms with van der Waals surface area (Å²) in [6.07, 6.45) is 3.16. The van der Waals surface area contributed by atoms with Gasteiger partial charge in [0.05, 0.1) is 6.04 Å². The van der Waals surface area contributed by atoms with E-state index in [9.17, 15) is 14.4 Å². The monoisotopic (exact) mass is 478 g/mol. The average molecular weight is 479 g/mol. The first-order chi connectivity index (χ1) is 16.0. The Kier molecular flexibility index (Phi) is 10.8. The summed E-state index contributed by atoms with van der Waals surface area (Å²) in [5.74, 6) is 1.39. The second kappa shape index (κ2) is 12.9. The summed E-state index contributed by atoms with van der Waals surface area (Å²) in [4.78, 5) is 45.7. The van der Waals surface area contributed by atoms with Gasteiger partial charge in [-0.3, -0.25) is 14.4 Å². The lowest BCUT2D eigenvalue weighted by Gasteiger charge is -2.42. The number of carbonyl (C=O) groups excluding carboxylic acids is 3. The van der Waals surface area contributed by atoms with E-state index in [0.29, 0.717) is 43.8 Å². The van der Waals surface area contributed by atoms with Gasteiger partial charge in [-0.2, -0.15) is 0 Å². The molecule has 2 aliphatic rings. The van der Waals surface area contributed by atoms with Gasteiger partial charge >= 0.3 is 0 Å². The molecule has 2 saturated heterocycles. The fourth-order valence-corrected chi connectivity index (χ4v) is 5.60. The van der Waals surface area contributed by atoms with E-state index in [0.717, 1.165) is 32.4 Å². The Morgan fingerprint density at radius 2 is 1.62 bits per heavy atom. The first-order valence-electron chi connectivity index (χ1n) is 13.6. The molecule has 34 heavy (non-hydrogen) atoms. The lowest BCUT2D eigenvalue weighted by atomic mass is 9.84. The highest BCUT2D eigenvalue weighted by atomic mass is 16.2. The summed E-state index contributed by atoms with van der Waals surface area (Å²) in [6, 6.07) is -0.387. The van der Waals surface area contributed by atoms with E-state index in [2.05, 4.69) is 46.9 Å². The van der Waals surface area contributed by atoms with Gasteiger partial charge in [-0.1, -0.05) is 34.6 Å². The van der Waals surface area contributed by atoms with Crippen molar-refractivity contribution < 1.29 is 14.4 Å². The molecule has 0 aromatic rings. The maximum Gasteiger partial charge on any atom is 0.245 e. The smallest absolute Gasteiger partial charge is 0.245 e. The zero-order valence-electron chi connectivity index (χ0n) is 23.0. The van der Waals surface area contributed by atoms with Crippen molar-refractivity contribution in [1.82, 2.24) is 20.0 Å². The van der Waals surface area contributed by atoms with Crippen molar-refractivity contribution in [3.8, 4) is 0 Å². The summed E-state index contributed by atoms with van der Waals surface area (Å²) in [7, 11) is 0. The number of likely N-dealkylation sites (tertiary alicyclic amines) is 1. The maximum absolute atomic E-state index is 13.7. The molecule has 0 aliphatic carbocycles. The van der Waals surface area contributed by atoms with E-state index in [4.69, 9.17) is 0 Å². The van der Waals surface area contributed by atoms with Crippen LogP contribution in [0, 0.1) is 23.7 Å². The van der Waals surface area contributed by atoms with E-state index >= 15 is 0 Å². The lowest BCUT2D eigenvalue weighted by Crippen LogP contribution is -2.62. The number of piperidine rings is 1. The standard InChI is InChI=1S/C27H50N4O3/c1-9-30(20(6)7)25(32)21(8)22-10-13-29(14-11-22)27(34)24(17-19(4)5)31-15-12-28-23(26(31)33)16-18(2)3/h18-24,28H,9-17H2,1-8H3/t21?,23-,24?/m0/s1. The third-order valence-electron chi connectivity index (χ3n) is 7.58. The molecule has 2 aliphatic heterocycles. The van der Waals surface area contributed by atoms with Crippen LogP contribution >= 0.6 is 0 Å². The van der Waals surface area contributed by atoms with Gasteiger partial charge < -0.3 is 20.0 Å². The molecule has 0 aromatic carbocycles. The Morgan fingerprint density at radius 1 is 1.00 bits per heavy atom. The second-order valence-electron chi connectivity index (χ2n) is 11.5. The minimum atomic E-state index is -0.392. The molecule has 7 heteroatoms. The van der Waals surface area contributed by atoms with Gasteiger partial charge in [-0.25, -0.2) is 0 Å². The molecule has 3 amide bonds. The molecule has 0 saturated carbocycles. The van der Waals surface area contributed by atoms with Gasteiger partial charge in [0.25, 0.3) is 0 Å². The predicted molar refractivity (Wildman–Crippen MR) is 137 cm³/mol. The molecule has 2 unspecified atom stereocenters. The molecule has 196 valence electrons. The number of carbonyl (C=O) groups is 3. The largest absolute Gasteiger partial charge is 0.341 e. The first-order valence-corrected chi connectivity index (χ1v) is 13.6. The highest BCUT2D eigenvalue weighted by Crippen LogP contribution is 2.29. The van der Waals surface area contributed by atoms with Crippen molar-refractivity contribution in [2.24, 2.45) is 23.7 Å². The lowest BCUT2D eigenvalue weighted by molar-refractivity contribution is -0.151. The van der Waals surface area contributed by atoms with Crippen LogP contribution in [0.2, 0.25) is 0 Å². The second-order valence-corrected chi connectivity index (χ2v) is 11.5. The fraction of sp³-hybridized carbons (Fsp3) is 0.889. The minimum Gasteiger partial charge on any atom is -0.341 e. The topological polar surface area (TPSA) is 73.0 Å². The number of nitrogens with one attached hydrogen (secondary N) is 1. The Morgan fingerprint density at radius 3 is 2.12 bits per heavy atom. The van der Waals surface area contributed by atoms with Crippen LogP contribution in [0.25, 0.3) is 0 Å². The third kappa shape index (κ3) is 7.19. The molecule has 2 fully saturated rings. The highest BCUT2D eigenvalue weighted by molar-refractivity contribution is 5.90. The van der Waals surface area contributed by atoms with Crippen LogP contribution in [0.5, 0.6) is 0 Å². The van der Waals surface area contributed by atoms with Crippen LogP contribution in [-0.2, 0) is 14.4 Å². The Balaban J connectivity index is 2.06. The molecule has 2 heterocycles. The number of hydrogen-bond donors (Lipinski definition) is 1. The number of nitrogens with zero attached hydrogens (tertiary/aromatic N) is 3. The van der Waals surface area contributed by atoms with Crippen LogP contribution in [0.15, 0.2) is 0 Å². The van der Waals surface area contributed by atoms with Gasteiger partial charge in [0, 0.05) is 44.7 Å². The zero-order valence-corrected chi connectivity index (χ0v) is 23.0. The summed E-state index contributed by atoms with van der Waals surface area (Å²) < 4.78 is 0. The van der Waals surface area contributed by atoms with E-state index in [-0.39, 0.29) is 35.7 Å². The average Bonchev–Trinajstić information content (AvgIpc) is 2.78.